The number of rotatable bonds is 4. The zero-order chi connectivity index (χ0) is 15.6. The van der Waals surface area contributed by atoms with Gasteiger partial charge in [0.05, 0.1) is 11.6 Å². The fourth-order valence-electron chi connectivity index (χ4n) is 2.17. The van der Waals surface area contributed by atoms with Crippen molar-refractivity contribution >= 4 is 17.6 Å². The Morgan fingerprint density at radius 3 is 2.62 bits per heavy atom. The molecule has 1 heterocycles. The van der Waals surface area contributed by atoms with Crippen LogP contribution in [0, 0.1) is 0 Å². The summed E-state index contributed by atoms with van der Waals surface area (Å²) in [5.74, 6) is 0.328. The van der Waals surface area contributed by atoms with E-state index >= 15 is 0 Å². The fraction of sp³-hybridized carbons (Fsp3) is 0.533. The number of hydrogen-bond donors (Lipinski definition) is 1. The average Bonchev–Trinajstić information content (AvgIpc) is 2.36. The molecule has 21 heavy (non-hydrogen) atoms. The van der Waals surface area contributed by atoms with Crippen LogP contribution in [0.15, 0.2) is 12.1 Å². The van der Waals surface area contributed by atoms with E-state index < -0.39 is 5.97 Å². The van der Waals surface area contributed by atoms with Crippen molar-refractivity contribution < 1.29 is 19.4 Å². The van der Waals surface area contributed by atoms with Crippen LogP contribution in [-0.2, 0) is 11.3 Å². The minimum Gasteiger partial charge on any atom is -0.486 e. The van der Waals surface area contributed by atoms with Crippen molar-refractivity contribution in [2.45, 2.75) is 32.9 Å². The highest BCUT2D eigenvalue weighted by Gasteiger charge is 2.25. The molecule has 0 unspecified atom stereocenters. The van der Waals surface area contributed by atoms with Gasteiger partial charge in [-0.3, -0.25) is 9.69 Å². The number of ether oxygens (including phenoxy) is 2. The molecular formula is C15H20ClNO4. The zero-order valence-electron chi connectivity index (χ0n) is 12.5. The summed E-state index contributed by atoms with van der Waals surface area (Å²) in [5.41, 5.74) is 0.637. The highest BCUT2D eigenvalue weighted by molar-refractivity contribution is 6.32. The number of aliphatic carboxylic acids is 1. The Morgan fingerprint density at radius 2 is 2.00 bits per heavy atom. The Balaban J connectivity index is 2.24. The van der Waals surface area contributed by atoms with Gasteiger partial charge in [0.1, 0.15) is 13.2 Å². The van der Waals surface area contributed by atoms with Crippen LogP contribution in [0.3, 0.4) is 0 Å². The first kappa shape index (κ1) is 15.9. The second-order valence-corrected chi connectivity index (χ2v) is 6.43. The van der Waals surface area contributed by atoms with Gasteiger partial charge in [-0.25, -0.2) is 0 Å². The number of halogens is 1. The van der Waals surface area contributed by atoms with Crippen molar-refractivity contribution in [3.63, 3.8) is 0 Å². The Hall–Kier alpha value is -1.46. The van der Waals surface area contributed by atoms with Crippen molar-refractivity contribution in [2.24, 2.45) is 0 Å². The van der Waals surface area contributed by atoms with Crippen molar-refractivity contribution in [3.05, 3.63) is 22.7 Å². The maximum absolute atomic E-state index is 11.0. The van der Waals surface area contributed by atoms with Crippen LogP contribution in [0.25, 0.3) is 0 Å². The normalized spacial score (nSPS) is 14.3. The predicted molar refractivity (Wildman–Crippen MR) is 80.2 cm³/mol. The molecule has 0 bridgehead atoms. The van der Waals surface area contributed by atoms with Crippen LogP contribution in [0.5, 0.6) is 11.5 Å². The van der Waals surface area contributed by atoms with E-state index in [4.69, 9.17) is 26.2 Å². The maximum Gasteiger partial charge on any atom is 0.317 e. The van der Waals surface area contributed by atoms with Crippen LogP contribution >= 0.6 is 11.6 Å². The van der Waals surface area contributed by atoms with Gasteiger partial charge >= 0.3 is 5.97 Å². The largest absolute Gasteiger partial charge is 0.486 e. The highest BCUT2D eigenvalue weighted by Crippen LogP contribution is 2.38. The number of nitrogens with zero attached hydrogens (tertiary/aromatic N) is 1. The van der Waals surface area contributed by atoms with Crippen molar-refractivity contribution in [2.75, 3.05) is 19.8 Å². The third-order valence-electron chi connectivity index (χ3n) is 3.30. The molecule has 1 aromatic rings. The molecule has 0 saturated heterocycles. The molecule has 0 amide bonds. The lowest BCUT2D eigenvalue weighted by Crippen LogP contribution is -2.43. The highest BCUT2D eigenvalue weighted by atomic mass is 35.5. The third-order valence-corrected chi connectivity index (χ3v) is 3.59. The first-order valence-corrected chi connectivity index (χ1v) is 7.20. The Kier molecular flexibility index (Phi) is 4.64. The summed E-state index contributed by atoms with van der Waals surface area (Å²) < 4.78 is 11.0. The van der Waals surface area contributed by atoms with Gasteiger partial charge < -0.3 is 14.6 Å². The van der Waals surface area contributed by atoms with E-state index in [1.165, 1.54) is 0 Å². The van der Waals surface area contributed by atoms with Crippen molar-refractivity contribution in [3.8, 4) is 11.5 Å². The lowest BCUT2D eigenvalue weighted by atomic mass is 10.0. The maximum atomic E-state index is 11.0. The molecule has 6 heteroatoms. The van der Waals surface area contributed by atoms with Crippen molar-refractivity contribution in [1.29, 1.82) is 0 Å². The molecule has 1 N–H and O–H groups in total. The molecule has 0 saturated carbocycles. The second kappa shape index (κ2) is 6.12. The Bertz CT molecular complexity index is 539. The van der Waals surface area contributed by atoms with Crippen molar-refractivity contribution in [1.82, 2.24) is 4.90 Å². The molecule has 0 aromatic heterocycles. The standard InChI is InChI=1S/C15H20ClNO4/c1-15(2,3)17(9-13(18)19)8-10-6-11(16)14-12(7-10)20-4-5-21-14/h6-7H,4-5,8-9H2,1-3H3,(H,18,19). The van der Waals surface area contributed by atoms with E-state index in [0.29, 0.717) is 36.3 Å². The summed E-state index contributed by atoms with van der Waals surface area (Å²) in [6.45, 7) is 7.37. The fourth-order valence-corrected chi connectivity index (χ4v) is 2.46. The van der Waals surface area contributed by atoms with Gasteiger partial charge in [-0.05, 0) is 38.5 Å². The predicted octanol–water partition coefficient (Wildman–Crippen LogP) is 2.80. The topological polar surface area (TPSA) is 59.0 Å². The minimum atomic E-state index is -0.853. The number of fused-ring (bicyclic) bond motifs is 1. The first-order chi connectivity index (χ1) is 9.77. The van der Waals surface area contributed by atoms with Gasteiger partial charge in [0.2, 0.25) is 0 Å². The lowest BCUT2D eigenvalue weighted by Gasteiger charge is -2.34. The number of carbonyl (C=O) groups is 1. The van der Waals surface area contributed by atoms with Gasteiger partial charge in [0.25, 0.3) is 0 Å². The molecule has 2 rings (SSSR count). The summed E-state index contributed by atoms with van der Waals surface area (Å²) in [5, 5.41) is 9.55. The number of benzene rings is 1. The van der Waals surface area contributed by atoms with Gasteiger partial charge in [-0.1, -0.05) is 11.6 Å². The van der Waals surface area contributed by atoms with Crippen LogP contribution in [0.1, 0.15) is 26.3 Å². The van der Waals surface area contributed by atoms with Gasteiger partial charge in [-0.15, -0.1) is 0 Å². The molecule has 0 radical (unpaired) electrons. The van der Waals surface area contributed by atoms with Crippen LogP contribution in [0.4, 0.5) is 0 Å². The summed E-state index contributed by atoms with van der Waals surface area (Å²) in [7, 11) is 0. The van der Waals surface area contributed by atoms with E-state index in [0.717, 1.165) is 5.56 Å². The molecule has 0 fully saturated rings. The SMILES string of the molecule is CC(C)(C)N(CC(=O)O)Cc1cc(Cl)c2c(c1)OCCO2. The summed E-state index contributed by atoms with van der Waals surface area (Å²) in [6, 6.07) is 3.66. The minimum absolute atomic E-state index is 0.0322. The molecule has 1 aromatic carbocycles. The van der Waals surface area contributed by atoms with E-state index in [1.807, 2.05) is 31.7 Å². The molecule has 5 nitrogen and oxygen atoms in total. The zero-order valence-corrected chi connectivity index (χ0v) is 13.2. The molecule has 116 valence electrons. The summed E-state index contributed by atoms with van der Waals surface area (Å²) in [6.07, 6.45) is 0. The molecule has 0 spiro atoms. The number of hydrogen-bond acceptors (Lipinski definition) is 4. The monoisotopic (exact) mass is 313 g/mol. The Morgan fingerprint density at radius 1 is 1.33 bits per heavy atom. The van der Waals surface area contributed by atoms with E-state index in [-0.39, 0.29) is 12.1 Å². The van der Waals surface area contributed by atoms with Crippen LogP contribution in [0.2, 0.25) is 5.02 Å². The molecular weight excluding hydrogens is 294 g/mol. The van der Waals surface area contributed by atoms with E-state index in [1.54, 1.807) is 6.07 Å². The third kappa shape index (κ3) is 4.02. The van der Waals surface area contributed by atoms with Gasteiger partial charge in [-0.2, -0.15) is 0 Å². The smallest absolute Gasteiger partial charge is 0.317 e. The molecule has 0 atom stereocenters. The quantitative estimate of drug-likeness (QED) is 0.926. The molecule has 0 aliphatic carbocycles. The second-order valence-electron chi connectivity index (χ2n) is 6.02. The number of carboxylic acids is 1. The van der Waals surface area contributed by atoms with Gasteiger partial charge in [0.15, 0.2) is 11.5 Å². The lowest BCUT2D eigenvalue weighted by molar-refractivity contribution is -0.139. The van der Waals surface area contributed by atoms with E-state index in [9.17, 15) is 4.79 Å². The van der Waals surface area contributed by atoms with Crippen LogP contribution < -0.4 is 9.47 Å². The molecule has 1 aliphatic heterocycles. The molecule has 1 aliphatic rings. The van der Waals surface area contributed by atoms with Crippen LogP contribution in [-0.4, -0.2) is 41.3 Å². The van der Waals surface area contributed by atoms with Gasteiger partial charge in [0, 0.05) is 12.1 Å². The summed E-state index contributed by atoms with van der Waals surface area (Å²) >= 11 is 6.21. The summed E-state index contributed by atoms with van der Waals surface area (Å²) in [4.78, 5) is 12.9. The number of carboxylic acid groups (broad SMARTS) is 1. The van der Waals surface area contributed by atoms with E-state index in [2.05, 4.69) is 0 Å². The first-order valence-electron chi connectivity index (χ1n) is 6.82. The average molecular weight is 314 g/mol. The Labute approximate surface area is 129 Å².